The summed E-state index contributed by atoms with van der Waals surface area (Å²) in [5.41, 5.74) is 5.39. The van der Waals surface area contributed by atoms with Crippen molar-refractivity contribution in [2.75, 3.05) is 13.1 Å². The van der Waals surface area contributed by atoms with Gasteiger partial charge >= 0.3 is 0 Å². The molecule has 1 amide bonds. The fraction of sp³-hybridized carbons (Fsp3) is 0.750. The summed E-state index contributed by atoms with van der Waals surface area (Å²) in [7, 11) is 0. The van der Waals surface area contributed by atoms with E-state index in [4.69, 9.17) is 11.0 Å². The predicted molar refractivity (Wildman–Crippen MR) is 47.6 cm³/mol. The van der Waals surface area contributed by atoms with Crippen LogP contribution in [0.1, 0.15) is 6.92 Å². The van der Waals surface area contributed by atoms with Crippen molar-refractivity contribution in [3.8, 4) is 6.07 Å². The van der Waals surface area contributed by atoms with Crippen LogP contribution in [0.2, 0.25) is 0 Å². The Morgan fingerprint density at radius 3 is 3.00 bits per heavy atom. The van der Waals surface area contributed by atoms with Gasteiger partial charge in [-0.2, -0.15) is 5.26 Å². The largest absolute Gasteiger partial charge is 0.349 e. The fourth-order valence-corrected chi connectivity index (χ4v) is 1.28. The first kappa shape index (κ1) is 9.96. The van der Waals surface area contributed by atoms with E-state index >= 15 is 0 Å². The van der Waals surface area contributed by atoms with E-state index in [1.165, 1.54) is 0 Å². The standard InChI is InChI=1S/C8H14N4O/c1-5(10)8(13)12-7-4-11-3-6(7)2-9/h5-7,11H,3-4,10H2,1H3,(H,12,13). The lowest BCUT2D eigenvalue weighted by Crippen LogP contribution is -2.46. The number of nitrogens with zero attached hydrogens (tertiary/aromatic N) is 1. The third kappa shape index (κ3) is 2.41. The molecule has 1 aliphatic heterocycles. The lowest BCUT2D eigenvalue weighted by atomic mass is 10.1. The van der Waals surface area contributed by atoms with Crippen LogP contribution in [-0.2, 0) is 4.79 Å². The highest BCUT2D eigenvalue weighted by molar-refractivity contribution is 5.81. The monoisotopic (exact) mass is 182 g/mol. The van der Waals surface area contributed by atoms with Gasteiger partial charge in [-0.15, -0.1) is 0 Å². The number of amides is 1. The minimum atomic E-state index is -0.514. The van der Waals surface area contributed by atoms with Crippen LogP contribution in [-0.4, -0.2) is 31.1 Å². The van der Waals surface area contributed by atoms with Gasteiger partial charge in [0.05, 0.1) is 24.1 Å². The molecule has 1 aliphatic rings. The van der Waals surface area contributed by atoms with Gasteiger partial charge in [0.15, 0.2) is 0 Å². The highest BCUT2D eigenvalue weighted by atomic mass is 16.2. The van der Waals surface area contributed by atoms with Crippen LogP contribution in [0.4, 0.5) is 0 Å². The summed E-state index contributed by atoms with van der Waals surface area (Å²) >= 11 is 0. The predicted octanol–water partition coefficient (Wildman–Crippen LogP) is -1.44. The summed E-state index contributed by atoms with van der Waals surface area (Å²) in [4.78, 5) is 11.2. The molecule has 1 fully saturated rings. The van der Waals surface area contributed by atoms with E-state index in [-0.39, 0.29) is 17.9 Å². The molecule has 13 heavy (non-hydrogen) atoms. The highest BCUT2D eigenvalue weighted by Crippen LogP contribution is 2.07. The van der Waals surface area contributed by atoms with Gasteiger partial charge < -0.3 is 16.4 Å². The van der Waals surface area contributed by atoms with Crippen LogP contribution in [0.5, 0.6) is 0 Å². The van der Waals surface area contributed by atoms with Crippen LogP contribution in [0.15, 0.2) is 0 Å². The average Bonchev–Trinajstić information content (AvgIpc) is 2.51. The van der Waals surface area contributed by atoms with Crippen LogP contribution < -0.4 is 16.4 Å². The number of rotatable bonds is 2. The normalized spacial score (nSPS) is 29.3. The molecule has 1 saturated heterocycles. The number of nitrogens with two attached hydrogens (primary N) is 1. The van der Waals surface area contributed by atoms with Crippen molar-refractivity contribution in [2.45, 2.75) is 19.0 Å². The maximum atomic E-state index is 11.2. The number of hydrogen-bond donors (Lipinski definition) is 3. The second-order valence-electron chi connectivity index (χ2n) is 3.30. The Morgan fingerprint density at radius 1 is 1.77 bits per heavy atom. The molecular formula is C8H14N4O. The van der Waals surface area contributed by atoms with Gasteiger partial charge in [-0.25, -0.2) is 0 Å². The molecular weight excluding hydrogens is 168 g/mol. The molecule has 1 rings (SSSR count). The van der Waals surface area contributed by atoms with Crippen molar-refractivity contribution < 1.29 is 4.79 Å². The molecule has 0 bridgehead atoms. The molecule has 0 radical (unpaired) electrons. The third-order valence-electron chi connectivity index (χ3n) is 2.12. The summed E-state index contributed by atoms with van der Waals surface area (Å²) in [6.45, 7) is 2.91. The van der Waals surface area contributed by atoms with Crippen LogP contribution in [0.3, 0.4) is 0 Å². The topological polar surface area (TPSA) is 90.9 Å². The smallest absolute Gasteiger partial charge is 0.236 e. The SMILES string of the molecule is CC(N)C(=O)NC1CNCC1C#N. The zero-order chi connectivity index (χ0) is 9.84. The average molecular weight is 182 g/mol. The first-order valence-corrected chi connectivity index (χ1v) is 4.31. The molecule has 5 nitrogen and oxygen atoms in total. The van der Waals surface area contributed by atoms with Crippen LogP contribution >= 0.6 is 0 Å². The summed E-state index contributed by atoms with van der Waals surface area (Å²) in [6.07, 6.45) is 0. The van der Waals surface area contributed by atoms with Gasteiger partial charge in [-0.3, -0.25) is 4.79 Å². The minimum Gasteiger partial charge on any atom is -0.349 e. The summed E-state index contributed by atoms with van der Waals surface area (Å²) < 4.78 is 0. The zero-order valence-corrected chi connectivity index (χ0v) is 7.58. The Hall–Kier alpha value is -1.12. The maximum Gasteiger partial charge on any atom is 0.236 e. The van der Waals surface area contributed by atoms with Crippen molar-refractivity contribution in [1.82, 2.24) is 10.6 Å². The number of carbonyl (C=O) groups is 1. The number of nitrogens with one attached hydrogen (secondary N) is 2. The zero-order valence-electron chi connectivity index (χ0n) is 7.58. The van der Waals surface area contributed by atoms with Crippen molar-refractivity contribution in [1.29, 1.82) is 5.26 Å². The van der Waals surface area contributed by atoms with Gasteiger partial charge in [-0.1, -0.05) is 0 Å². The second-order valence-corrected chi connectivity index (χ2v) is 3.30. The molecule has 0 aromatic heterocycles. The van der Waals surface area contributed by atoms with Crippen molar-refractivity contribution in [3.63, 3.8) is 0 Å². The molecule has 1 heterocycles. The molecule has 0 saturated carbocycles. The Bertz CT molecular complexity index is 233. The molecule has 0 spiro atoms. The van der Waals surface area contributed by atoms with Gasteiger partial charge in [0.25, 0.3) is 0 Å². The van der Waals surface area contributed by atoms with Gasteiger partial charge in [0.1, 0.15) is 0 Å². The van der Waals surface area contributed by atoms with Crippen molar-refractivity contribution >= 4 is 5.91 Å². The lowest BCUT2D eigenvalue weighted by molar-refractivity contribution is -0.122. The van der Waals surface area contributed by atoms with Gasteiger partial charge in [0.2, 0.25) is 5.91 Å². The highest BCUT2D eigenvalue weighted by Gasteiger charge is 2.28. The number of carbonyl (C=O) groups excluding carboxylic acids is 1. The van der Waals surface area contributed by atoms with Gasteiger partial charge in [-0.05, 0) is 6.92 Å². The van der Waals surface area contributed by atoms with E-state index in [1.807, 2.05) is 0 Å². The molecule has 0 aromatic carbocycles. The Morgan fingerprint density at radius 2 is 2.46 bits per heavy atom. The van der Waals surface area contributed by atoms with E-state index in [9.17, 15) is 4.79 Å². The second kappa shape index (κ2) is 4.21. The van der Waals surface area contributed by atoms with Crippen molar-refractivity contribution in [3.05, 3.63) is 0 Å². The first-order chi connectivity index (χ1) is 6.15. The molecule has 0 aliphatic carbocycles. The van der Waals surface area contributed by atoms with Crippen molar-refractivity contribution in [2.24, 2.45) is 11.7 Å². The first-order valence-electron chi connectivity index (χ1n) is 4.31. The van der Waals surface area contributed by atoms with Crippen LogP contribution in [0.25, 0.3) is 0 Å². The van der Waals surface area contributed by atoms with E-state index in [0.29, 0.717) is 13.1 Å². The lowest BCUT2D eigenvalue weighted by Gasteiger charge is -2.15. The van der Waals surface area contributed by atoms with Gasteiger partial charge in [0, 0.05) is 13.1 Å². The Labute approximate surface area is 77.3 Å². The number of nitriles is 1. The summed E-state index contributed by atoms with van der Waals surface area (Å²) in [5, 5.41) is 14.5. The number of hydrogen-bond acceptors (Lipinski definition) is 4. The maximum absolute atomic E-state index is 11.2. The Kier molecular flexibility index (Phi) is 3.23. The van der Waals surface area contributed by atoms with E-state index in [2.05, 4.69) is 16.7 Å². The van der Waals surface area contributed by atoms with E-state index in [1.54, 1.807) is 6.92 Å². The summed E-state index contributed by atoms with van der Waals surface area (Å²) in [6, 6.07) is 1.53. The molecule has 72 valence electrons. The molecule has 5 heteroatoms. The minimum absolute atomic E-state index is 0.0940. The third-order valence-corrected chi connectivity index (χ3v) is 2.12. The molecule has 3 unspecified atom stereocenters. The van der Waals surface area contributed by atoms with E-state index in [0.717, 1.165) is 0 Å². The summed E-state index contributed by atoms with van der Waals surface area (Å²) in [5.74, 6) is -0.336. The molecule has 3 atom stereocenters. The van der Waals surface area contributed by atoms with Crippen LogP contribution in [0, 0.1) is 17.2 Å². The van der Waals surface area contributed by atoms with E-state index < -0.39 is 6.04 Å². The molecule has 4 N–H and O–H groups in total. The fourth-order valence-electron chi connectivity index (χ4n) is 1.28. The quantitative estimate of drug-likeness (QED) is 0.488. The molecule has 0 aromatic rings. The Balaban J connectivity index is 2.45.